The van der Waals surface area contributed by atoms with Gasteiger partial charge in [-0.25, -0.2) is 4.98 Å². The van der Waals surface area contributed by atoms with Crippen molar-refractivity contribution in [2.24, 2.45) is 4.99 Å². The van der Waals surface area contributed by atoms with Gasteiger partial charge in [0.1, 0.15) is 0 Å². The number of hydrogen-bond acceptors (Lipinski definition) is 4. The normalized spacial score (nSPS) is 16.1. The van der Waals surface area contributed by atoms with Crippen molar-refractivity contribution in [3.8, 4) is 0 Å². The Bertz CT molecular complexity index is 588. The Balaban J connectivity index is 0.00000392. The highest BCUT2D eigenvalue weighted by Crippen LogP contribution is 2.30. The van der Waals surface area contributed by atoms with Crippen molar-refractivity contribution in [2.45, 2.75) is 57.7 Å². The van der Waals surface area contributed by atoms with Crippen molar-refractivity contribution >= 4 is 41.3 Å². The molecule has 0 unspecified atom stereocenters. The van der Waals surface area contributed by atoms with Crippen molar-refractivity contribution in [2.75, 3.05) is 33.2 Å². The smallest absolute Gasteiger partial charge is 0.357 e. The Kier molecular flexibility index (Phi) is 11.7. The molecule has 0 radical (unpaired) electrons. The van der Waals surface area contributed by atoms with Crippen LogP contribution in [0.25, 0.3) is 0 Å². The molecular weight excluding hydrogens is 502 g/mol. The van der Waals surface area contributed by atoms with Crippen molar-refractivity contribution in [3.63, 3.8) is 0 Å². The number of hydrogen-bond donors (Lipinski definition) is 2. The lowest BCUT2D eigenvalue weighted by Gasteiger charge is -2.30. The second kappa shape index (κ2) is 12.8. The van der Waals surface area contributed by atoms with E-state index in [0.29, 0.717) is 36.5 Å². The molecule has 1 aliphatic rings. The van der Waals surface area contributed by atoms with Crippen molar-refractivity contribution in [1.82, 2.24) is 20.5 Å². The van der Waals surface area contributed by atoms with Crippen LogP contribution in [-0.2, 0) is 12.6 Å². The number of nitrogens with one attached hydrogen (secondary N) is 2. The van der Waals surface area contributed by atoms with E-state index in [0.717, 1.165) is 29.8 Å². The first-order valence-electron chi connectivity index (χ1n) is 9.64. The predicted molar refractivity (Wildman–Crippen MR) is 120 cm³/mol. The number of nitrogens with zero attached hydrogens (tertiary/aromatic N) is 3. The molecule has 0 aliphatic heterocycles. The van der Waals surface area contributed by atoms with Gasteiger partial charge in [0.2, 0.25) is 0 Å². The third-order valence-corrected chi connectivity index (χ3v) is 5.65. The molecule has 0 spiro atoms. The largest absolute Gasteiger partial charge is 0.434 e. The van der Waals surface area contributed by atoms with Crippen LogP contribution in [-0.4, -0.2) is 55.1 Å². The van der Waals surface area contributed by atoms with Crippen molar-refractivity contribution in [1.29, 1.82) is 0 Å². The molecule has 162 valence electrons. The molecular formula is C18H31F3IN5S. The summed E-state index contributed by atoms with van der Waals surface area (Å²) in [4.78, 5) is 10.6. The SMILES string of the molecule is CCNC(=NCCN(C)C1CCCCC1)NCCc1nc(C(F)(F)F)cs1.I. The fraction of sp³-hybridized carbons (Fsp3) is 0.778. The van der Waals surface area contributed by atoms with E-state index in [-0.39, 0.29) is 24.0 Å². The predicted octanol–water partition coefficient (Wildman–Crippen LogP) is 4.14. The number of thiazole rings is 1. The summed E-state index contributed by atoms with van der Waals surface area (Å²) in [6, 6.07) is 0.664. The number of rotatable bonds is 8. The minimum Gasteiger partial charge on any atom is -0.357 e. The van der Waals surface area contributed by atoms with Crippen LogP contribution in [0.1, 0.15) is 49.7 Å². The van der Waals surface area contributed by atoms with Gasteiger partial charge >= 0.3 is 6.18 Å². The number of aromatic nitrogens is 1. The lowest BCUT2D eigenvalue weighted by atomic mass is 9.94. The van der Waals surface area contributed by atoms with Crippen LogP contribution < -0.4 is 10.6 Å². The van der Waals surface area contributed by atoms with Gasteiger partial charge in [-0.2, -0.15) is 13.2 Å². The second-order valence-electron chi connectivity index (χ2n) is 6.83. The molecule has 2 N–H and O–H groups in total. The third kappa shape index (κ3) is 8.81. The number of guanidine groups is 1. The lowest BCUT2D eigenvalue weighted by molar-refractivity contribution is -0.140. The van der Waals surface area contributed by atoms with Crippen LogP contribution >= 0.6 is 35.3 Å². The van der Waals surface area contributed by atoms with E-state index in [1.54, 1.807) is 0 Å². The summed E-state index contributed by atoms with van der Waals surface area (Å²) >= 11 is 1.04. The molecule has 10 heteroatoms. The van der Waals surface area contributed by atoms with Gasteiger partial charge in [-0.3, -0.25) is 4.99 Å². The fourth-order valence-corrected chi connectivity index (χ4v) is 4.01. The Hall–Kier alpha value is -0.620. The summed E-state index contributed by atoms with van der Waals surface area (Å²) in [5, 5.41) is 7.89. The van der Waals surface area contributed by atoms with Gasteiger partial charge in [-0.1, -0.05) is 19.3 Å². The van der Waals surface area contributed by atoms with Crippen molar-refractivity contribution < 1.29 is 13.2 Å². The Labute approximate surface area is 186 Å². The van der Waals surface area contributed by atoms with Crippen LogP contribution in [0.5, 0.6) is 0 Å². The first-order chi connectivity index (χ1) is 12.9. The average Bonchev–Trinajstić information content (AvgIpc) is 3.12. The zero-order valence-corrected chi connectivity index (χ0v) is 19.7. The molecule has 1 aromatic rings. The molecule has 28 heavy (non-hydrogen) atoms. The Morgan fingerprint density at radius 1 is 1.29 bits per heavy atom. The van der Waals surface area contributed by atoms with E-state index in [1.165, 1.54) is 32.1 Å². The molecule has 1 aromatic heterocycles. The van der Waals surface area contributed by atoms with Crippen molar-refractivity contribution in [3.05, 3.63) is 16.1 Å². The summed E-state index contributed by atoms with van der Waals surface area (Å²) in [5.74, 6) is 0.696. The van der Waals surface area contributed by atoms with Crippen LogP contribution in [0.3, 0.4) is 0 Å². The molecule has 0 saturated heterocycles. The molecule has 1 saturated carbocycles. The summed E-state index contributed by atoms with van der Waals surface area (Å²) in [6.45, 7) is 4.82. The fourth-order valence-electron chi connectivity index (χ4n) is 3.21. The van der Waals surface area contributed by atoms with E-state index in [2.05, 4.69) is 32.6 Å². The number of alkyl halides is 3. The van der Waals surface area contributed by atoms with Gasteiger partial charge in [-0.15, -0.1) is 35.3 Å². The molecule has 1 heterocycles. The summed E-state index contributed by atoms with van der Waals surface area (Å²) in [7, 11) is 2.16. The van der Waals surface area contributed by atoms with Crippen LogP contribution in [0, 0.1) is 0 Å². The molecule has 1 fully saturated rings. The summed E-state index contributed by atoms with van der Waals surface area (Å²) in [6.07, 6.45) is 2.58. The van der Waals surface area contributed by atoms with E-state index < -0.39 is 11.9 Å². The van der Waals surface area contributed by atoms with E-state index >= 15 is 0 Å². The quantitative estimate of drug-likeness (QED) is 0.300. The molecule has 1 aliphatic carbocycles. The lowest BCUT2D eigenvalue weighted by Crippen LogP contribution is -2.39. The maximum atomic E-state index is 12.6. The number of halogens is 4. The van der Waals surface area contributed by atoms with E-state index in [9.17, 15) is 13.2 Å². The van der Waals surface area contributed by atoms with Crippen LogP contribution in [0.4, 0.5) is 13.2 Å². The molecule has 0 amide bonds. The van der Waals surface area contributed by atoms with Gasteiger partial charge in [0, 0.05) is 37.5 Å². The first kappa shape index (κ1) is 25.4. The highest BCUT2D eigenvalue weighted by molar-refractivity contribution is 14.0. The average molecular weight is 533 g/mol. The summed E-state index contributed by atoms with van der Waals surface area (Å²) in [5.41, 5.74) is -0.811. The number of aliphatic imine (C=N–C) groups is 1. The molecule has 0 bridgehead atoms. The highest BCUT2D eigenvalue weighted by atomic mass is 127. The Morgan fingerprint density at radius 3 is 2.61 bits per heavy atom. The van der Waals surface area contributed by atoms with Crippen LogP contribution in [0.15, 0.2) is 10.4 Å². The van der Waals surface area contributed by atoms with E-state index in [4.69, 9.17) is 0 Å². The minimum absolute atomic E-state index is 0. The van der Waals surface area contributed by atoms with Gasteiger partial charge in [0.25, 0.3) is 0 Å². The standard InChI is InChI=1S/C18H30F3N5S.HI/c1-3-22-17(24-11-12-26(2)14-7-5-4-6-8-14)23-10-9-16-25-15(13-27-16)18(19,20)21;/h13-14H,3-12H2,1-2H3,(H2,22,23,24);1H. The van der Waals surface area contributed by atoms with Gasteiger partial charge in [0.05, 0.1) is 11.6 Å². The monoisotopic (exact) mass is 533 g/mol. The zero-order valence-electron chi connectivity index (χ0n) is 16.5. The van der Waals surface area contributed by atoms with Gasteiger partial charge in [-0.05, 0) is 26.8 Å². The summed E-state index contributed by atoms with van der Waals surface area (Å²) < 4.78 is 37.8. The Morgan fingerprint density at radius 2 is 2.00 bits per heavy atom. The topological polar surface area (TPSA) is 52.6 Å². The number of likely N-dealkylation sites (N-methyl/N-ethyl adjacent to an activating group) is 1. The maximum Gasteiger partial charge on any atom is 0.434 e. The minimum atomic E-state index is -4.37. The molecule has 2 rings (SSSR count). The molecule has 5 nitrogen and oxygen atoms in total. The molecule has 0 aromatic carbocycles. The van der Waals surface area contributed by atoms with Crippen LogP contribution in [0.2, 0.25) is 0 Å². The highest BCUT2D eigenvalue weighted by Gasteiger charge is 2.33. The van der Waals surface area contributed by atoms with Gasteiger partial charge < -0.3 is 15.5 Å². The van der Waals surface area contributed by atoms with E-state index in [1.807, 2.05) is 6.92 Å². The maximum absolute atomic E-state index is 12.6. The van der Waals surface area contributed by atoms with Gasteiger partial charge in [0.15, 0.2) is 11.7 Å². The first-order valence-corrected chi connectivity index (χ1v) is 10.5. The zero-order chi connectivity index (χ0) is 19.7. The molecule has 0 atom stereocenters. The second-order valence-corrected chi connectivity index (χ2v) is 7.78. The third-order valence-electron chi connectivity index (χ3n) is 4.74.